The second kappa shape index (κ2) is 11.6. The highest BCUT2D eigenvalue weighted by Crippen LogP contribution is 2.11. The van der Waals surface area contributed by atoms with E-state index in [2.05, 4.69) is 18.7 Å². The van der Waals surface area contributed by atoms with Crippen molar-refractivity contribution in [2.24, 2.45) is 0 Å². The van der Waals surface area contributed by atoms with E-state index in [0.29, 0.717) is 6.61 Å². The van der Waals surface area contributed by atoms with E-state index >= 15 is 0 Å². The molecule has 0 rings (SSSR count). The predicted molar refractivity (Wildman–Crippen MR) is 75.1 cm³/mol. The van der Waals surface area contributed by atoms with E-state index in [1.807, 2.05) is 0 Å². The molecule has 0 spiro atoms. The molecule has 0 aromatic carbocycles. The summed E-state index contributed by atoms with van der Waals surface area (Å²) >= 11 is 7.07. The highest BCUT2D eigenvalue weighted by atomic mass is 32.2. The van der Waals surface area contributed by atoms with Crippen LogP contribution in [-0.2, 0) is 4.74 Å². The van der Waals surface area contributed by atoms with Gasteiger partial charge >= 0.3 is 0 Å². The highest BCUT2D eigenvalue weighted by Gasteiger charge is 2.04. The minimum absolute atomic E-state index is 0.112. The van der Waals surface area contributed by atoms with Gasteiger partial charge in [0, 0.05) is 25.4 Å². The Morgan fingerprint density at radius 1 is 1.25 bits per heavy atom. The Balaban J connectivity index is 3.33. The van der Waals surface area contributed by atoms with Crippen molar-refractivity contribution in [3.8, 4) is 0 Å². The van der Waals surface area contributed by atoms with E-state index in [1.165, 1.54) is 0 Å². The molecule has 0 fully saturated rings. The maximum atomic E-state index is 8.51. The third kappa shape index (κ3) is 8.33. The molecule has 0 aromatic heterocycles. The molecular formula is C11H23NO2S2. The normalized spacial score (nSPS) is 10.4. The molecule has 5 heteroatoms. The minimum atomic E-state index is 0.112. The Labute approximate surface area is 109 Å². The van der Waals surface area contributed by atoms with E-state index in [0.717, 1.165) is 42.6 Å². The molecule has 0 bridgehead atoms. The van der Waals surface area contributed by atoms with Crippen molar-refractivity contribution >= 4 is 28.3 Å². The molecular weight excluding hydrogens is 242 g/mol. The molecule has 1 N–H and O–H groups in total. The fraction of sp³-hybridized carbons (Fsp3) is 0.909. The molecule has 16 heavy (non-hydrogen) atoms. The second-order valence-electron chi connectivity index (χ2n) is 3.33. The molecule has 0 aliphatic heterocycles. The summed E-state index contributed by atoms with van der Waals surface area (Å²) in [6.45, 7) is 7.52. The van der Waals surface area contributed by atoms with Crippen LogP contribution in [0.4, 0.5) is 0 Å². The first-order chi connectivity index (χ1) is 7.76. The fourth-order valence-corrected chi connectivity index (χ4v) is 2.68. The number of nitrogens with zero attached hydrogens (tertiary/aromatic N) is 1. The molecule has 0 aliphatic rings. The van der Waals surface area contributed by atoms with Crippen molar-refractivity contribution in [3.63, 3.8) is 0 Å². The lowest BCUT2D eigenvalue weighted by Crippen LogP contribution is -2.26. The SMILES string of the molecule is CCN(CC)C(=S)SCCCCOCCO. The molecule has 0 aromatic rings. The van der Waals surface area contributed by atoms with Crippen LogP contribution in [0.3, 0.4) is 0 Å². The lowest BCUT2D eigenvalue weighted by molar-refractivity contribution is 0.0906. The van der Waals surface area contributed by atoms with E-state index in [-0.39, 0.29) is 6.61 Å². The van der Waals surface area contributed by atoms with Crippen LogP contribution in [0.25, 0.3) is 0 Å². The van der Waals surface area contributed by atoms with Crippen LogP contribution in [0.15, 0.2) is 0 Å². The summed E-state index contributed by atoms with van der Waals surface area (Å²) in [6, 6.07) is 0. The second-order valence-corrected chi connectivity index (χ2v) is 5.06. The van der Waals surface area contributed by atoms with Gasteiger partial charge in [-0.3, -0.25) is 0 Å². The first kappa shape index (κ1) is 16.2. The van der Waals surface area contributed by atoms with Gasteiger partial charge in [0.05, 0.1) is 13.2 Å². The summed E-state index contributed by atoms with van der Waals surface area (Å²) in [4.78, 5) is 2.20. The van der Waals surface area contributed by atoms with Crippen LogP contribution in [0.1, 0.15) is 26.7 Å². The number of thiocarbonyl (C=S) groups is 1. The number of aliphatic hydroxyl groups is 1. The zero-order valence-corrected chi connectivity index (χ0v) is 11.9. The Morgan fingerprint density at radius 2 is 1.94 bits per heavy atom. The molecule has 0 atom stereocenters. The Hall–Kier alpha value is 0.160. The number of rotatable bonds is 9. The zero-order chi connectivity index (χ0) is 12.2. The maximum Gasteiger partial charge on any atom is 0.136 e. The van der Waals surface area contributed by atoms with Crippen molar-refractivity contribution < 1.29 is 9.84 Å². The monoisotopic (exact) mass is 265 g/mol. The Morgan fingerprint density at radius 3 is 2.50 bits per heavy atom. The van der Waals surface area contributed by atoms with Gasteiger partial charge in [0.25, 0.3) is 0 Å². The van der Waals surface area contributed by atoms with Gasteiger partial charge in [-0.25, -0.2) is 0 Å². The van der Waals surface area contributed by atoms with Crippen molar-refractivity contribution in [2.45, 2.75) is 26.7 Å². The predicted octanol–water partition coefficient (Wildman–Crippen LogP) is 2.14. The number of aliphatic hydroxyl groups excluding tert-OH is 1. The van der Waals surface area contributed by atoms with Crippen LogP contribution in [0, 0.1) is 0 Å². The van der Waals surface area contributed by atoms with Crippen LogP contribution in [-0.4, -0.2) is 53.0 Å². The quantitative estimate of drug-likeness (QED) is 0.510. The molecule has 3 nitrogen and oxygen atoms in total. The highest BCUT2D eigenvalue weighted by molar-refractivity contribution is 8.22. The summed E-state index contributed by atoms with van der Waals surface area (Å²) in [5, 5.41) is 8.51. The Bertz CT molecular complexity index is 175. The van der Waals surface area contributed by atoms with E-state index in [1.54, 1.807) is 11.8 Å². The number of hydrogen-bond acceptors (Lipinski definition) is 4. The van der Waals surface area contributed by atoms with Gasteiger partial charge in [-0.05, 0) is 26.7 Å². The van der Waals surface area contributed by atoms with Gasteiger partial charge in [-0.2, -0.15) is 0 Å². The standard InChI is InChI=1S/C11H23NO2S2/c1-3-12(4-2)11(15)16-10-6-5-8-14-9-7-13/h13H,3-10H2,1-2H3. The molecule has 96 valence electrons. The third-order valence-electron chi connectivity index (χ3n) is 2.17. The van der Waals surface area contributed by atoms with Gasteiger partial charge in [-0.15, -0.1) is 0 Å². The first-order valence-electron chi connectivity index (χ1n) is 5.86. The molecule has 0 saturated carbocycles. The van der Waals surface area contributed by atoms with Gasteiger partial charge < -0.3 is 14.7 Å². The molecule has 0 saturated heterocycles. The number of hydrogen-bond donors (Lipinski definition) is 1. The van der Waals surface area contributed by atoms with Crippen molar-refractivity contribution in [3.05, 3.63) is 0 Å². The number of thioether (sulfide) groups is 1. The van der Waals surface area contributed by atoms with Gasteiger partial charge in [0.2, 0.25) is 0 Å². The average molecular weight is 265 g/mol. The third-order valence-corrected chi connectivity index (χ3v) is 3.78. The topological polar surface area (TPSA) is 32.7 Å². The lowest BCUT2D eigenvalue weighted by Gasteiger charge is -2.20. The van der Waals surface area contributed by atoms with Crippen LogP contribution < -0.4 is 0 Å². The van der Waals surface area contributed by atoms with Gasteiger partial charge in [-0.1, -0.05) is 24.0 Å². The fourth-order valence-electron chi connectivity index (χ4n) is 1.21. The van der Waals surface area contributed by atoms with Crippen molar-refractivity contribution in [1.82, 2.24) is 4.90 Å². The molecule has 0 heterocycles. The van der Waals surface area contributed by atoms with Gasteiger partial charge in [0.1, 0.15) is 4.32 Å². The van der Waals surface area contributed by atoms with Crippen LogP contribution in [0.2, 0.25) is 0 Å². The molecule has 0 radical (unpaired) electrons. The molecule has 0 aliphatic carbocycles. The molecule has 0 amide bonds. The van der Waals surface area contributed by atoms with Crippen molar-refractivity contribution in [2.75, 3.05) is 38.7 Å². The summed E-state index contributed by atoms with van der Waals surface area (Å²) < 4.78 is 6.18. The molecule has 0 unspecified atom stereocenters. The Kier molecular flexibility index (Phi) is 11.8. The van der Waals surface area contributed by atoms with Crippen LogP contribution >= 0.6 is 24.0 Å². The van der Waals surface area contributed by atoms with Crippen molar-refractivity contribution in [1.29, 1.82) is 0 Å². The van der Waals surface area contributed by atoms with Gasteiger partial charge in [0.15, 0.2) is 0 Å². The minimum Gasteiger partial charge on any atom is -0.394 e. The maximum absolute atomic E-state index is 8.51. The summed E-state index contributed by atoms with van der Waals surface area (Å²) in [7, 11) is 0. The zero-order valence-electron chi connectivity index (χ0n) is 10.3. The van der Waals surface area contributed by atoms with E-state index in [9.17, 15) is 0 Å². The number of unbranched alkanes of at least 4 members (excludes halogenated alkanes) is 1. The summed E-state index contributed by atoms with van der Waals surface area (Å²) in [5.74, 6) is 1.05. The first-order valence-corrected chi connectivity index (χ1v) is 7.25. The van der Waals surface area contributed by atoms with E-state index < -0.39 is 0 Å². The summed E-state index contributed by atoms with van der Waals surface area (Å²) in [5.41, 5.74) is 0. The van der Waals surface area contributed by atoms with Crippen LogP contribution in [0.5, 0.6) is 0 Å². The largest absolute Gasteiger partial charge is 0.394 e. The average Bonchev–Trinajstić information content (AvgIpc) is 2.29. The number of ether oxygens (including phenoxy) is 1. The lowest BCUT2D eigenvalue weighted by atomic mass is 10.4. The smallest absolute Gasteiger partial charge is 0.136 e. The van der Waals surface area contributed by atoms with E-state index in [4.69, 9.17) is 22.1 Å². The summed E-state index contributed by atoms with van der Waals surface area (Å²) in [6.07, 6.45) is 2.14.